The lowest BCUT2D eigenvalue weighted by atomic mass is 10.1. The number of aromatic nitrogens is 3. The Morgan fingerprint density at radius 2 is 1.82 bits per heavy atom. The van der Waals surface area contributed by atoms with Crippen molar-refractivity contribution in [3.8, 4) is 11.3 Å². The van der Waals surface area contributed by atoms with E-state index in [-0.39, 0.29) is 0 Å². The van der Waals surface area contributed by atoms with E-state index in [4.69, 9.17) is 11.6 Å². The van der Waals surface area contributed by atoms with Crippen LogP contribution >= 0.6 is 11.6 Å². The smallest absolute Gasteiger partial charge is 0.116 e. The van der Waals surface area contributed by atoms with Crippen LogP contribution in [-0.2, 0) is 0 Å². The lowest BCUT2D eigenvalue weighted by Gasteiger charge is -2.06. The molecule has 0 unspecified atom stereocenters. The summed E-state index contributed by atoms with van der Waals surface area (Å²) in [5.74, 6) is 0. The minimum atomic E-state index is 0.533. The molecule has 3 aromatic rings. The topological polar surface area (TPSA) is 38.7 Å². The SMILES string of the molecule is Clc1cncnc1-c1cncc2ccccc12. The maximum atomic E-state index is 6.11. The van der Waals surface area contributed by atoms with Crippen LogP contribution in [0.25, 0.3) is 22.0 Å². The molecule has 3 nitrogen and oxygen atoms in total. The standard InChI is InChI=1S/C13H8ClN3/c14-12-7-16-8-17-13(12)11-6-15-5-9-3-1-2-4-10(9)11/h1-8H. The minimum Gasteiger partial charge on any atom is -0.263 e. The third kappa shape index (κ3) is 1.74. The van der Waals surface area contributed by atoms with Gasteiger partial charge in [0, 0.05) is 29.5 Å². The van der Waals surface area contributed by atoms with Crippen molar-refractivity contribution >= 4 is 22.4 Å². The number of fused-ring (bicyclic) bond motifs is 1. The van der Waals surface area contributed by atoms with Crippen molar-refractivity contribution in [3.05, 3.63) is 54.2 Å². The molecule has 0 N–H and O–H groups in total. The van der Waals surface area contributed by atoms with E-state index in [2.05, 4.69) is 15.0 Å². The Bertz CT molecular complexity index is 677. The van der Waals surface area contributed by atoms with Gasteiger partial charge in [-0.1, -0.05) is 35.9 Å². The average Bonchev–Trinajstić information content (AvgIpc) is 2.39. The molecule has 4 heteroatoms. The monoisotopic (exact) mass is 241 g/mol. The van der Waals surface area contributed by atoms with E-state index >= 15 is 0 Å². The molecule has 0 radical (unpaired) electrons. The molecular weight excluding hydrogens is 234 g/mol. The van der Waals surface area contributed by atoms with Gasteiger partial charge < -0.3 is 0 Å². The van der Waals surface area contributed by atoms with E-state index in [1.165, 1.54) is 6.33 Å². The molecule has 2 aromatic heterocycles. The van der Waals surface area contributed by atoms with Crippen LogP contribution in [0.3, 0.4) is 0 Å². The minimum absolute atomic E-state index is 0.533. The lowest BCUT2D eigenvalue weighted by molar-refractivity contribution is 1.17. The molecule has 0 saturated heterocycles. The molecule has 0 amide bonds. The molecule has 17 heavy (non-hydrogen) atoms. The third-order valence-electron chi connectivity index (χ3n) is 2.59. The fraction of sp³-hybridized carbons (Fsp3) is 0. The van der Waals surface area contributed by atoms with Gasteiger partial charge in [0.15, 0.2) is 0 Å². The van der Waals surface area contributed by atoms with Crippen LogP contribution in [0.2, 0.25) is 5.02 Å². The first-order chi connectivity index (χ1) is 8.36. The number of pyridine rings is 1. The summed E-state index contributed by atoms with van der Waals surface area (Å²) in [6.45, 7) is 0. The summed E-state index contributed by atoms with van der Waals surface area (Å²) in [5, 5.41) is 2.69. The van der Waals surface area contributed by atoms with Gasteiger partial charge >= 0.3 is 0 Å². The van der Waals surface area contributed by atoms with Gasteiger partial charge in [0.25, 0.3) is 0 Å². The summed E-state index contributed by atoms with van der Waals surface area (Å²) in [5.41, 5.74) is 1.64. The molecule has 0 atom stereocenters. The molecule has 2 heterocycles. The van der Waals surface area contributed by atoms with Crippen LogP contribution in [0, 0.1) is 0 Å². The molecule has 0 fully saturated rings. The Morgan fingerprint density at radius 3 is 2.71 bits per heavy atom. The molecule has 0 aliphatic rings. The number of hydrogen-bond donors (Lipinski definition) is 0. The van der Waals surface area contributed by atoms with Gasteiger partial charge in [0.05, 0.1) is 10.7 Å². The first kappa shape index (κ1) is 10.2. The molecule has 0 spiro atoms. The van der Waals surface area contributed by atoms with Crippen LogP contribution in [0.15, 0.2) is 49.2 Å². The van der Waals surface area contributed by atoms with Crippen LogP contribution in [0.5, 0.6) is 0 Å². The quantitative estimate of drug-likeness (QED) is 0.656. The fourth-order valence-corrected chi connectivity index (χ4v) is 2.02. The van der Waals surface area contributed by atoms with Gasteiger partial charge in [-0.25, -0.2) is 9.97 Å². The van der Waals surface area contributed by atoms with Gasteiger partial charge in [-0.15, -0.1) is 0 Å². The summed E-state index contributed by atoms with van der Waals surface area (Å²) in [6.07, 6.45) is 6.68. The maximum Gasteiger partial charge on any atom is 0.116 e. The van der Waals surface area contributed by atoms with Gasteiger partial charge in [0.1, 0.15) is 6.33 Å². The normalized spacial score (nSPS) is 10.6. The zero-order valence-electron chi connectivity index (χ0n) is 8.84. The van der Waals surface area contributed by atoms with Crippen molar-refractivity contribution in [2.45, 2.75) is 0 Å². The van der Waals surface area contributed by atoms with Crippen molar-refractivity contribution in [2.75, 3.05) is 0 Å². The molecule has 3 rings (SSSR count). The van der Waals surface area contributed by atoms with Crippen LogP contribution in [0.1, 0.15) is 0 Å². The summed E-state index contributed by atoms with van der Waals surface area (Å²) in [4.78, 5) is 12.3. The number of benzene rings is 1. The van der Waals surface area contributed by atoms with Gasteiger partial charge in [-0.05, 0) is 5.39 Å². The van der Waals surface area contributed by atoms with Gasteiger partial charge in [-0.2, -0.15) is 0 Å². The molecule has 0 bridgehead atoms. The van der Waals surface area contributed by atoms with E-state index in [1.54, 1.807) is 12.4 Å². The third-order valence-corrected chi connectivity index (χ3v) is 2.87. The summed E-state index contributed by atoms with van der Waals surface area (Å²) >= 11 is 6.11. The zero-order valence-corrected chi connectivity index (χ0v) is 9.59. The van der Waals surface area contributed by atoms with Crippen LogP contribution < -0.4 is 0 Å². The van der Waals surface area contributed by atoms with E-state index in [1.807, 2.05) is 30.5 Å². The number of nitrogens with zero attached hydrogens (tertiary/aromatic N) is 3. The lowest BCUT2D eigenvalue weighted by Crippen LogP contribution is -1.89. The number of hydrogen-bond acceptors (Lipinski definition) is 3. The number of rotatable bonds is 1. The first-order valence-corrected chi connectivity index (χ1v) is 5.52. The highest BCUT2D eigenvalue weighted by Crippen LogP contribution is 2.30. The Kier molecular flexibility index (Phi) is 2.46. The molecule has 1 aromatic carbocycles. The highest BCUT2D eigenvalue weighted by Gasteiger charge is 2.08. The van der Waals surface area contributed by atoms with E-state index in [0.717, 1.165) is 16.3 Å². The summed E-state index contributed by atoms with van der Waals surface area (Å²) < 4.78 is 0. The van der Waals surface area contributed by atoms with E-state index in [0.29, 0.717) is 10.7 Å². The van der Waals surface area contributed by atoms with Crippen molar-refractivity contribution in [2.24, 2.45) is 0 Å². The largest absolute Gasteiger partial charge is 0.263 e. The Morgan fingerprint density at radius 1 is 0.941 bits per heavy atom. The molecule has 0 aliphatic heterocycles. The molecule has 82 valence electrons. The van der Waals surface area contributed by atoms with Crippen molar-refractivity contribution in [3.63, 3.8) is 0 Å². The summed E-state index contributed by atoms with van der Waals surface area (Å²) in [7, 11) is 0. The van der Waals surface area contributed by atoms with E-state index < -0.39 is 0 Å². The van der Waals surface area contributed by atoms with Crippen LogP contribution in [0.4, 0.5) is 0 Å². The first-order valence-electron chi connectivity index (χ1n) is 5.15. The second-order valence-corrected chi connectivity index (χ2v) is 4.03. The predicted molar refractivity (Wildman–Crippen MR) is 67.8 cm³/mol. The maximum absolute atomic E-state index is 6.11. The molecule has 0 aliphatic carbocycles. The highest BCUT2D eigenvalue weighted by molar-refractivity contribution is 6.33. The second-order valence-electron chi connectivity index (χ2n) is 3.63. The van der Waals surface area contributed by atoms with E-state index in [9.17, 15) is 0 Å². The predicted octanol–water partition coefficient (Wildman–Crippen LogP) is 3.35. The average molecular weight is 242 g/mol. The fourth-order valence-electron chi connectivity index (χ4n) is 1.82. The Balaban J connectivity index is 2.35. The number of halogens is 1. The second kappa shape index (κ2) is 4.11. The Labute approximate surface area is 103 Å². The summed E-state index contributed by atoms with van der Waals surface area (Å²) in [6, 6.07) is 8.02. The van der Waals surface area contributed by atoms with Crippen molar-refractivity contribution < 1.29 is 0 Å². The zero-order chi connectivity index (χ0) is 11.7. The highest BCUT2D eigenvalue weighted by atomic mass is 35.5. The molecule has 0 saturated carbocycles. The van der Waals surface area contributed by atoms with Gasteiger partial charge in [-0.3, -0.25) is 4.98 Å². The molecular formula is C13H8ClN3. The Hall–Kier alpha value is -2.00. The van der Waals surface area contributed by atoms with Crippen molar-refractivity contribution in [1.29, 1.82) is 0 Å². The van der Waals surface area contributed by atoms with Gasteiger partial charge in [0.2, 0.25) is 0 Å². The van der Waals surface area contributed by atoms with Crippen molar-refractivity contribution in [1.82, 2.24) is 15.0 Å². The van der Waals surface area contributed by atoms with Crippen LogP contribution in [-0.4, -0.2) is 15.0 Å².